The summed E-state index contributed by atoms with van der Waals surface area (Å²) < 4.78 is 61.6. The number of Topliss-reactive ketones (excluding diaryl/α,β-unsaturated/α-hetero) is 2. The van der Waals surface area contributed by atoms with Crippen molar-refractivity contribution in [1.82, 2.24) is 0 Å². The van der Waals surface area contributed by atoms with Gasteiger partial charge in [0, 0.05) is 62.6 Å². The number of sulfone groups is 1. The van der Waals surface area contributed by atoms with Gasteiger partial charge in [0.1, 0.15) is 27.2 Å². The molecule has 0 amide bonds. The van der Waals surface area contributed by atoms with Gasteiger partial charge in [0.25, 0.3) is 10.1 Å². The van der Waals surface area contributed by atoms with Crippen LogP contribution >= 0.6 is 0 Å². The van der Waals surface area contributed by atoms with E-state index in [4.69, 9.17) is 14.0 Å². The second-order valence-electron chi connectivity index (χ2n) is 19.3. The zero-order valence-electron chi connectivity index (χ0n) is 48.0. The van der Waals surface area contributed by atoms with Crippen molar-refractivity contribution < 1.29 is 73.2 Å². The molecule has 6 aromatic carbocycles. The van der Waals surface area contributed by atoms with Crippen LogP contribution in [0.4, 0.5) is 0 Å². The van der Waals surface area contributed by atoms with Gasteiger partial charge in [-0.3, -0.25) is 4.55 Å². The number of aryl methyl sites for hydroxylation is 1. The number of ketones is 2. The maximum absolute atomic E-state index is 11.3. The first kappa shape index (κ1) is 75.0. The van der Waals surface area contributed by atoms with Gasteiger partial charge in [-0.1, -0.05) is 133 Å². The van der Waals surface area contributed by atoms with Gasteiger partial charge in [-0.2, -0.15) is 50.1 Å². The van der Waals surface area contributed by atoms with Crippen molar-refractivity contribution in [3.05, 3.63) is 192 Å². The number of carbonyl (C=O) groups is 2. The fourth-order valence-corrected chi connectivity index (χ4v) is 6.55. The van der Waals surface area contributed by atoms with E-state index >= 15 is 0 Å². The van der Waals surface area contributed by atoms with E-state index in [1.54, 1.807) is 19.2 Å². The summed E-state index contributed by atoms with van der Waals surface area (Å²) in [6.07, 6.45) is 5.86. The molecule has 0 bridgehead atoms. The molecule has 6 aromatic rings. The summed E-state index contributed by atoms with van der Waals surface area (Å²) in [5.74, 6) is 3.32. The summed E-state index contributed by atoms with van der Waals surface area (Å²) >= 11 is 0. The van der Waals surface area contributed by atoms with Crippen molar-refractivity contribution in [2.45, 2.75) is 132 Å². The van der Waals surface area contributed by atoms with Crippen LogP contribution in [0, 0.1) is 41.7 Å². The Kier molecular flexibility index (Phi) is 41.2. The van der Waals surface area contributed by atoms with Gasteiger partial charge >= 0.3 is 0 Å². The monoisotopic (exact) mass is 1150 g/mol. The van der Waals surface area contributed by atoms with Crippen molar-refractivity contribution in [2.75, 3.05) is 19.6 Å². The van der Waals surface area contributed by atoms with Crippen LogP contribution in [0.25, 0.3) is 0 Å². The third-order valence-electron chi connectivity index (χ3n) is 9.14. The van der Waals surface area contributed by atoms with E-state index in [1.165, 1.54) is 62.1 Å². The Morgan fingerprint density at radius 2 is 1.00 bits per heavy atom. The van der Waals surface area contributed by atoms with Gasteiger partial charge in [-0.25, -0.2) is 8.42 Å². The number of rotatable bonds is 13. The SMILES string of the molecule is CC.CC(C)(C)C.CC(C)=O.CC(C)=O.CCC(CC(CC(C)C#N)c1ccc(S(=O)(=O)O)cc1)c1ccccc1.COc1cc[c-]cc1.CS(C)(=O)=O.Cc1ccc(Cc2ccc(Oc3cc[c-]cc3)cc2)cc1.[Y]. The van der Waals surface area contributed by atoms with E-state index in [1.807, 2.05) is 99.6 Å². The number of benzene rings is 6. The molecule has 413 valence electrons. The maximum atomic E-state index is 11.3. The van der Waals surface area contributed by atoms with E-state index in [2.05, 4.69) is 108 Å². The van der Waals surface area contributed by atoms with Crippen LogP contribution in [-0.4, -0.2) is 52.6 Å². The quantitative estimate of drug-likeness (QED) is 0.0869. The molecule has 0 spiro atoms. The molecule has 0 aliphatic heterocycles. The van der Waals surface area contributed by atoms with Crippen molar-refractivity contribution in [1.29, 1.82) is 5.26 Å². The van der Waals surface area contributed by atoms with Gasteiger partial charge < -0.3 is 19.1 Å². The molecule has 1 N–H and O–H groups in total. The second kappa shape index (κ2) is 41.8. The summed E-state index contributed by atoms with van der Waals surface area (Å²) in [6, 6.07) is 56.6. The summed E-state index contributed by atoms with van der Waals surface area (Å²) in [7, 11) is -5.21. The third-order valence-corrected chi connectivity index (χ3v) is 10.0. The zero-order valence-corrected chi connectivity index (χ0v) is 52.5. The van der Waals surface area contributed by atoms with Crippen LogP contribution in [0.15, 0.2) is 157 Å². The topological polar surface area (TPSA) is 165 Å². The van der Waals surface area contributed by atoms with Crippen molar-refractivity contribution in [3.63, 3.8) is 0 Å². The number of nitriles is 1. The molecule has 0 heterocycles. The first-order valence-corrected chi connectivity index (χ1v) is 28.7. The average Bonchev–Trinajstić information content (AvgIpc) is 3.34. The molecule has 76 heavy (non-hydrogen) atoms. The number of ether oxygens (including phenoxy) is 2. The minimum Gasteiger partial charge on any atom is -0.522 e. The number of carbonyl (C=O) groups excluding carboxylic acids is 2. The Morgan fingerprint density at radius 1 is 0.632 bits per heavy atom. The first-order chi connectivity index (χ1) is 35.0. The Morgan fingerprint density at radius 3 is 1.36 bits per heavy atom. The molecule has 3 atom stereocenters. The largest absolute Gasteiger partial charge is 0.522 e. The van der Waals surface area contributed by atoms with E-state index in [-0.39, 0.29) is 61.0 Å². The van der Waals surface area contributed by atoms with Crippen molar-refractivity contribution in [2.24, 2.45) is 11.3 Å². The van der Waals surface area contributed by atoms with Crippen molar-refractivity contribution in [3.8, 4) is 23.3 Å². The first-order valence-electron chi connectivity index (χ1n) is 24.9. The molecule has 0 aliphatic carbocycles. The van der Waals surface area contributed by atoms with E-state index < -0.39 is 20.0 Å². The Hall–Kier alpha value is -5.29. The molecule has 1 radical (unpaired) electrons. The van der Waals surface area contributed by atoms with E-state index in [0.29, 0.717) is 17.8 Å². The smallest absolute Gasteiger partial charge is 0.294 e. The van der Waals surface area contributed by atoms with E-state index in [0.717, 1.165) is 54.6 Å². The fraction of sp³-hybridized carbons (Fsp3) is 0.381. The van der Waals surface area contributed by atoms with Crippen LogP contribution < -0.4 is 9.47 Å². The Labute approximate surface area is 484 Å². The molecule has 0 fully saturated rings. The molecule has 0 saturated carbocycles. The van der Waals surface area contributed by atoms with Crippen LogP contribution in [0.1, 0.15) is 142 Å². The Bertz CT molecular complexity index is 2650. The van der Waals surface area contributed by atoms with Gasteiger partial charge in [-0.05, 0) is 131 Å². The molecule has 3 unspecified atom stereocenters. The minimum atomic E-state index is -4.20. The van der Waals surface area contributed by atoms with Gasteiger partial charge in [0.05, 0.1) is 18.1 Å². The molecule has 13 heteroatoms. The van der Waals surface area contributed by atoms with Crippen molar-refractivity contribution >= 4 is 31.5 Å². The summed E-state index contributed by atoms with van der Waals surface area (Å²) in [5.41, 5.74) is 6.68. The molecule has 0 aromatic heterocycles. The average molecular weight is 1150 g/mol. The second-order valence-corrected chi connectivity index (χ2v) is 23.0. The molecular formula is C63H85NO9S2Y-2. The summed E-state index contributed by atoms with van der Waals surface area (Å²) in [4.78, 5) is 18.8. The third kappa shape index (κ3) is 43.9. The molecule has 10 nitrogen and oxygen atoms in total. The molecular weight excluding hydrogens is 1070 g/mol. The number of hydrogen-bond acceptors (Lipinski definition) is 9. The normalized spacial score (nSPS) is 11.2. The van der Waals surface area contributed by atoms with Crippen LogP contribution in [-0.2, 0) is 68.7 Å². The van der Waals surface area contributed by atoms with Crippen LogP contribution in [0.3, 0.4) is 0 Å². The van der Waals surface area contributed by atoms with Crippen LogP contribution in [0.5, 0.6) is 17.2 Å². The predicted molar refractivity (Wildman–Crippen MR) is 310 cm³/mol. The van der Waals surface area contributed by atoms with Crippen LogP contribution in [0.2, 0.25) is 0 Å². The van der Waals surface area contributed by atoms with Gasteiger partial charge in [-0.15, -0.1) is 24.3 Å². The summed E-state index contributed by atoms with van der Waals surface area (Å²) in [5, 5.41) is 9.23. The maximum Gasteiger partial charge on any atom is 0.294 e. The molecule has 0 aliphatic rings. The zero-order chi connectivity index (χ0) is 57.6. The fourth-order valence-electron chi connectivity index (χ4n) is 6.07. The number of methoxy groups -OCH3 is 1. The number of hydrogen-bond donors (Lipinski definition) is 1. The minimum absolute atomic E-state index is 0. The van der Waals surface area contributed by atoms with Gasteiger partial charge in [0.2, 0.25) is 0 Å². The number of nitrogens with zero attached hydrogens (tertiary/aromatic N) is 1. The van der Waals surface area contributed by atoms with Gasteiger partial charge in [0.15, 0.2) is 0 Å². The summed E-state index contributed by atoms with van der Waals surface area (Å²) in [6.45, 7) is 25.0. The predicted octanol–water partition coefficient (Wildman–Crippen LogP) is 15.8. The van der Waals surface area contributed by atoms with E-state index in [9.17, 15) is 31.7 Å². The Balaban J connectivity index is -0.000000938. The standard InChI is InChI=1S/C21H25NO3S.C20H17O.C7H7O.C5H12.2C3H6O.C2H6O2S.C2H6.Y/c1-3-17(18-7-5-4-6-8-18)14-20(13-16(2)15-22)19-9-11-21(12-10-19)26(23,24)25;1-16-7-9-17(10-8-16)15-18-11-13-20(14-12-18)21-19-5-3-2-4-6-19;1-8-7-5-3-2-4-6-7;1-5(2,3)4;2*1-3(2)4;1-5(2,3)4;1-2;/h4-12,16-17,20H,3,13-14H2,1-2H3,(H,23,24,25);3-14H,15H2,1H3;3-6H,1H3;1-4H3;2*1-2H3;1-2H3;1-2H3;/q;2*-1;;;;;;. The molecule has 0 saturated heterocycles. The molecule has 6 rings (SSSR count).